The van der Waals surface area contributed by atoms with Crippen LogP contribution in [0.5, 0.6) is 0 Å². The zero-order chi connectivity index (χ0) is 14.4. The lowest BCUT2D eigenvalue weighted by Gasteiger charge is -2.24. The highest BCUT2D eigenvalue weighted by molar-refractivity contribution is 5.85. The van der Waals surface area contributed by atoms with Crippen molar-refractivity contribution < 1.29 is 14.3 Å². The van der Waals surface area contributed by atoms with Gasteiger partial charge in [0.2, 0.25) is 5.91 Å². The highest BCUT2D eigenvalue weighted by atomic mass is 16.7. The summed E-state index contributed by atoms with van der Waals surface area (Å²) in [7, 11) is 0. The predicted octanol–water partition coefficient (Wildman–Crippen LogP) is 2.71. The lowest BCUT2D eigenvalue weighted by atomic mass is 10.0. The summed E-state index contributed by atoms with van der Waals surface area (Å²) in [5, 5.41) is 2.92. The van der Waals surface area contributed by atoms with E-state index in [2.05, 4.69) is 5.32 Å². The molecule has 0 aromatic heterocycles. The third-order valence-corrected chi connectivity index (χ3v) is 3.16. The van der Waals surface area contributed by atoms with E-state index in [1.165, 1.54) is 6.92 Å². The zero-order valence-corrected chi connectivity index (χ0v) is 12.0. The number of carbonyl (C=O) groups excluding carboxylic acids is 1. The minimum atomic E-state index is -0.212. The van der Waals surface area contributed by atoms with Gasteiger partial charge in [-0.25, -0.2) is 0 Å². The van der Waals surface area contributed by atoms with E-state index >= 15 is 0 Å². The average molecular weight is 275 g/mol. The number of carbonyl (C=O) groups is 1. The Bertz CT molecular complexity index is 476. The maximum atomic E-state index is 11.4. The molecule has 1 saturated heterocycles. The first-order valence-electron chi connectivity index (χ1n) is 6.93. The third-order valence-electron chi connectivity index (χ3n) is 3.16. The Kier molecular flexibility index (Phi) is 5.32. The highest BCUT2D eigenvalue weighted by Gasteiger charge is 2.17. The monoisotopic (exact) mass is 275 g/mol. The van der Waals surface area contributed by atoms with Crippen LogP contribution in [0.15, 0.2) is 35.9 Å². The minimum Gasteiger partial charge on any atom is -0.352 e. The van der Waals surface area contributed by atoms with Crippen LogP contribution in [-0.4, -0.2) is 25.4 Å². The van der Waals surface area contributed by atoms with Crippen LogP contribution in [0.25, 0.3) is 5.70 Å². The van der Waals surface area contributed by atoms with Crippen molar-refractivity contribution in [3.63, 3.8) is 0 Å². The molecule has 0 radical (unpaired) electrons. The number of hydrogen-bond acceptors (Lipinski definition) is 3. The van der Waals surface area contributed by atoms with Crippen molar-refractivity contribution >= 4 is 11.6 Å². The summed E-state index contributed by atoms with van der Waals surface area (Å²) < 4.78 is 11.1. The first-order valence-corrected chi connectivity index (χ1v) is 6.93. The standard InChI is InChI=1S/C16H21NO3/c1-12(11-15-19-9-6-10-20-15)16(17-13(2)18)14-7-4-3-5-8-14/h3-5,7-8,15H,6,9-11H2,1-2H3,(H,17,18)/b16-12-. The van der Waals surface area contributed by atoms with Crippen LogP contribution in [0.2, 0.25) is 0 Å². The van der Waals surface area contributed by atoms with Crippen LogP contribution in [0.4, 0.5) is 0 Å². The quantitative estimate of drug-likeness (QED) is 0.919. The van der Waals surface area contributed by atoms with Crippen molar-refractivity contribution in [1.29, 1.82) is 0 Å². The van der Waals surface area contributed by atoms with Gasteiger partial charge < -0.3 is 14.8 Å². The summed E-state index contributed by atoms with van der Waals surface area (Å²) in [5.74, 6) is -0.0753. The van der Waals surface area contributed by atoms with Crippen molar-refractivity contribution in [3.05, 3.63) is 41.5 Å². The summed E-state index contributed by atoms with van der Waals surface area (Å²) in [6.45, 7) is 4.99. The molecule has 4 nitrogen and oxygen atoms in total. The van der Waals surface area contributed by atoms with Gasteiger partial charge in [-0.15, -0.1) is 0 Å². The van der Waals surface area contributed by atoms with Crippen LogP contribution < -0.4 is 5.32 Å². The zero-order valence-electron chi connectivity index (χ0n) is 12.0. The summed E-state index contributed by atoms with van der Waals surface area (Å²) in [6.07, 6.45) is 1.39. The number of hydrogen-bond donors (Lipinski definition) is 1. The van der Waals surface area contributed by atoms with E-state index in [1.807, 2.05) is 37.3 Å². The van der Waals surface area contributed by atoms with Crippen LogP contribution in [0, 0.1) is 0 Å². The molecule has 108 valence electrons. The Hall–Kier alpha value is -1.65. The number of amides is 1. The second-order valence-corrected chi connectivity index (χ2v) is 4.93. The molecule has 4 heteroatoms. The lowest BCUT2D eigenvalue weighted by Crippen LogP contribution is -2.26. The summed E-state index contributed by atoms with van der Waals surface area (Å²) >= 11 is 0. The number of rotatable bonds is 4. The Balaban J connectivity index is 2.19. The average Bonchev–Trinajstić information content (AvgIpc) is 2.46. The molecule has 1 fully saturated rings. The normalized spacial score (nSPS) is 17.5. The molecule has 0 spiro atoms. The van der Waals surface area contributed by atoms with Gasteiger partial charge in [-0.2, -0.15) is 0 Å². The molecule has 2 rings (SSSR count). The molecule has 0 bridgehead atoms. The van der Waals surface area contributed by atoms with Gasteiger partial charge >= 0.3 is 0 Å². The molecule has 0 atom stereocenters. The van der Waals surface area contributed by atoms with Crippen molar-refractivity contribution in [2.75, 3.05) is 13.2 Å². The molecule has 1 heterocycles. The molecule has 1 N–H and O–H groups in total. The minimum absolute atomic E-state index is 0.0753. The second kappa shape index (κ2) is 7.22. The predicted molar refractivity (Wildman–Crippen MR) is 77.8 cm³/mol. The van der Waals surface area contributed by atoms with E-state index in [0.717, 1.165) is 36.5 Å². The Morgan fingerprint density at radius 2 is 1.85 bits per heavy atom. The topological polar surface area (TPSA) is 47.6 Å². The fourth-order valence-electron chi connectivity index (χ4n) is 2.21. The van der Waals surface area contributed by atoms with Gasteiger partial charge in [-0.1, -0.05) is 30.3 Å². The summed E-state index contributed by atoms with van der Waals surface area (Å²) in [6, 6.07) is 9.84. The smallest absolute Gasteiger partial charge is 0.221 e. The van der Waals surface area contributed by atoms with Crippen LogP contribution >= 0.6 is 0 Å². The lowest BCUT2D eigenvalue weighted by molar-refractivity contribution is -0.176. The van der Waals surface area contributed by atoms with Gasteiger partial charge in [-0.05, 0) is 24.5 Å². The Morgan fingerprint density at radius 3 is 2.45 bits per heavy atom. The van der Waals surface area contributed by atoms with Crippen LogP contribution in [-0.2, 0) is 14.3 Å². The number of nitrogens with one attached hydrogen (secondary N) is 1. The molecule has 0 aliphatic carbocycles. The van der Waals surface area contributed by atoms with Gasteiger partial charge in [0, 0.05) is 19.0 Å². The first kappa shape index (κ1) is 14.8. The first-order chi connectivity index (χ1) is 9.66. The number of benzene rings is 1. The highest BCUT2D eigenvalue weighted by Crippen LogP contribution is 2.22. The fraction of sp³-hybridized carbons (Fsp3) is 0.438. The molecule has 1 aliphatic rings. The fourth-order valence-corrected chi connectivity index (χ4v) is 2.21. The molecule has 0 saturated carbocycles. The SMILES string of the molecule is CC(=O)N/C(=C(/C)CC1OCCCO1)c1ccccc1. The van der Waals surface area contributed by atoms with E-state index < -0.39 is 0 Å². The van der Waals surface area contributed by atoms with Crippen molar-refractivity contribution in [3.8, 4) is 0 Å². The van der Waals surface area contributed by atoms with E-state index in [9.17, 15) is 4.79 Å². The van der Waals surface area contributed by atoms with Gasteiger partial charge in [0.1, 0.15) is 0 Å². The van der Waals surface area contributed by atoms with Gasteiger partial charge in [0.15, 0.2) is 6.29 Å². The van der Waals surface area contributed by atoms with Gasteiger partial charge in [-0.3, -0.25) is 4.79 Å². The van der Waals surface area contributed by atoms with Gasteiger partial charge in [0.05, 0.1) is 13.2 Å². The molecule has 1 aromatic carbocycles. The van der Waals surface area contributed by atoms with Gasteiger partial charge in [0.25, 0.3) is 0 Å². The van der Waals surface area contributed by atoms with Crippen LogP contribution in [0.3, 0.4) is 0 Å². The van der Waals surface area contributed by atoms with E-state index in [4.69, 9.17) is 9.47 Å². The molecule has 0 unspecified atom stereocenters. The van der Waals surface area contributed by atoms with Crippen molar-refractivity contribution in [2.24, 2.45) is 0 Å². The molecule has 1 aromatic rings. The third kappa shape index (κ3) is 4.18. The van der Waals surface area contributed by atoms with E-state index in [1.54, 1.807) is 0 Å². The van der Waals surface area contributed by atoms with E-state index in [0.29, 0.717) is 6.42 Å². The Labute approximate surface area is 119 Å². The summed E-state index contributed by atoms with van der Waals surface area (Å²) in [5.41, 5.74) is 2.89. The molecular formula is C16H21NO3. The maximum Gasteiger partial charge on any atom is 0.221 e. The molecule has 20 heavy (non-hydrogen) atoms. The molecule has 1 aliphatic heterocycles. The largest absolute Gasteiger partial charge is 0.352 e. The molecule has 1 amide bonds. The number of ether oxygens (including phenoxy) is 2. The van der Waals surface area contributed by atoms with Crippen molar-refractivity contribution in [2.45, 2.75) is 33.0 Å². The Morgan fingerprint density at radius 1 is 1.20 bits per heavy atom. The summed E-state index contributed by atoms with van der Waals surface area (Å²) in [4.78, 5) is 11.4. The van der Waals surface area contributed by atoms with E-state index in [-0.39, 0.29) is 12.2 Å². The molecular weight excluding hydrogens is 254 g/mol. The van der Waals surface area contributed by atoms with Crippen molar-refractivity contribution in [1.82, 2.24) is 5.32 Å². The maximum absolute atomic E-state index is 11.4. The van der Waals surface area contributed by atoms with Crippen LogP contribution in [0.1, 0.15) is 32.3 Å². The second-order valence-electron chi connectivity index (χ2n) is 4.93.